The van der Waals surface area contributed by atoms with Crippen LogP contribution in [0.4, 0.5) is 17.1 Å². The van der Waals surface area contributed by atoms with Gasteiger partial charge in [0.1, 0.15) is 11.2 Å². The Labute approximate surface area is 275 Å². The van der Waals surface area contributed by atoms with Gasteiger partial charge in [-0.05, 0) is 75.6 Å². The van der Waals surface area contributed by atoms with Crippen molar-refractivity contribution in [2.24, 2.45) is 0 Å². The molecule has 0 bridgehead atoms. The molecule has 2 heterocycles. The summed E-state index contributed by atoms with van der Waals surface area (Å²) >= 11 is 1.85. The number of thiophene rings is 1. The topological polar surface area (TPSA) is 16.4 Å². The van der Waals surface area contributed by atoms with E-state index in [-0.39, 0.29) is 0 Å². The molecule has 0 amide bonds. The predicted octanol–water partition coefficient (Wildman–Crippen LogP) is 13.4. The van der Waals surface area contributed by atoms with Crippen molar-refractivity contribution in [1.82, 2.24) is 0 Å². The summed E-state index contributed by atoms with van der Waals surface area (Å²) in [5, 5.41) is 9.90. The summed E-state index contributed by atoms with van der Waals surface area (Å²) in [4.78, 5) is 2.39. The molecule has 0 unspecified atom stereocenters. The summed E-state index contributed by atoms with van der Waals surface area (Å²) in [6.07, 6.45) is 0. The number of rotatable bonds is 4. The molecule has 220 valence electrons. The summed E-state index contributed by atoms with van der Waals surface area (Å²) in [5.74, 6) is 0. The van der Waals surface area contributed by atoms with Gasteiger partial charge in [0.05, 0.1) is 0 Å². The van der Waals surface area contributed by atoms with Crippen molar-refractivity contribution in [3.63, 3.8) is 0 Å². The molecule has 0 radical (unpaired) electrons. The Balaban J connectivity index is 1.15. The van der Waals surface area contributed by atoms with E-state index in [1.54, 1.807) is 0 Å². The van der Waals surface area contributed by atoms with Crippen molar-refractivity contribution in [2.45, 2.75) is 0 Å². The zero-order valence-electron chi connectivity index (χ0n) is 25.4. The maximum Gasteiger partial charge on any atom is 0.143 e. The second-order valence-electron chi connectivity index (χ2n) is 12.1. The number of para-hydroxylation sites is 2. The second kappa shape index (κ2) is 10.3. The third-order valence-electron chi connectivity index (χ3n) is 9.45. The van der Waals surface area contributed by atoms with Crippen LogP contribution in [-0.2, 0) is 0 Å². The molecule has 0 N–H and O–H groups in total. The second-order valence-corrected chi connectivity index (χ2v) is 13.2. The normalized spacial score (nSPS) is 11.8. The van der Waals surface area contributed by atoms with Gasteiger partial charge in [-0.3, -0.25) is 0 Å². The standard InChI is InChI=1S/C44H27NOS/c1-2-9-34-28(8-1)16-17-30-20-23-32(26-40(30)34)45(33-24-25-38-37-11-4-6-15-42(37)47-43(38)27-33)31-21-18-29(19-22-31)35-12-7-13-39-36-10-3-5-14-41(36)46-44(35)39/h1-27H. The average Bonchev–Trinajstić information content (AvgIpc) is 3.70. The molecule has 8 aromatic carbocycles. The largest absolute Gasteiger partial charge is 0.455 e. The van der Waals surface area contributed by atoms with E-state index < -0.39 is 0 Å². The van der Waals surface area contributed by atoms with Crippen molar-refractivity contribution < 1.29 is 4.42 Å². The zero-order valence-corrected chi connectivity index (χ0v) is 26.2. The van der Waals surface area contributed by atoms with Crippen LogP contribution in [0.1, 0.15) is 0 Å². The third kappa shape index (κ3) is 4.17. The smallest absolute Gasteiger partial charge is 0.143 e. The molecule has 0 fully saturated rings. The molecule has 0 aliphatic heterocycles. The van der Waals surface area contributed by atoms with E-state index in [1.807, 2.05) is 23.5 Å². The first-order chi connectivity index (χ1) is 23.3. The van der Waals surface area contributed by atoms with E-state index >= 15 is 0 Å². The first kappa shape index (κ1) is 26.3. The first-order valence-corrected chi connectivity index (χ1v) is 16.7. The summed E-state index contributed by atoms with van der Waals surface area (Å²) in [6.45, 7) is 0. The Morgan fingerprint density at radius 1 is 0.404 bits per heavy atom. The van der Waals surface area contributed by atoms with Gasteiger partial charge in [-0.1, -0.05) is 115 Å². The maximum absolute atomic E-state index is 6.39. The molecule has 0 aliphatic carbocycles. The predicted molar refractivity (Wildman–Crippen MR) is 202 cm³/mol. The van der Waals surface area contributed by atoms with Crippen LogP contribution in [0.2, 0.25) is 0 Å². The summed E-state index contributed by atoms with van der Waals surface area (Å²) in [5.41, 5.74) is 7.43. The lowest BCUT2D eigenvalue weighted by atomic mass is 10.00. The van der Waals surface area contributed by atoms with Gasteiger partial charge in [-0.25, -0.2) is 0 Å². The number of benzene rings is 8. The lowest BCUT2D eigenvalue weighted by molar-refractivity contribution is 0.670. The molecule has 2 aromatic heterocycles. The summed E-state index contributed by atoms with van der Waals surface area (Å²) < 4.78 is 8.98. The summed E-state index contributed by atoms with van der Waals surface area (Å²) in [7, 11) is 0. The SMILES string of the molecule is c1ccc2c(c1)ccc1ccc(N(c3ccc(-c4cccc5c4oc4ccccc45)cc3)c3ccc4c(c3)sc3ccccc34)cc12. The highest BCUT2D eigenvalue weighted by atomic mass is 32.1. The molecular formula is C44H27NOS. The van der Waals surface area contributed by atoms with Crippen LogP contribution in [0.25, 0.3) is 74.8 Å². The van der Waals surface area contributed by atoms with Crippen LogP contribution in [0.5, 0.6) is 0 Å². The molecule has 2 nitrogen and oxygen atoms in total. The highest BCUT2D eigenvalue weighted by Crippen LogP contribution is 2.43. The number of fused-ring (bicyclic) bond motifs is 9. The van der Waals surface area contributed by atoms with Crippen LogP contribution >= 0.6 is 11.3 Å². The Bertz CT molecular complexity index is 2810. The number of anilines is 3. The van der Waals surface area contributed by atoms with Gasteiger partial charge in [0.15, 0.2) is 0 Å². The van der Waals surface area contributed by atoms with Gasteiger partial charge >= 0.3 is 0 Å². The Kier molecular flexibility index (Phi) is 5.78. The number of hydrogen-bond acceptors (Lipinski definition) is 3. The van der Waals surface area contributed by atoms with Crippen molar-refractivity contribution in [3.8, 4) is 11.1 Å². The lowest BCUT2D eigenvalue weighted by Gasteiger charge is -2.26. The van der Waals surface area contributed by atoms with E-state index in [4.69, 9.17) is 4.42 Å². The van der Waals surface area contributed by atoms with Gasteiger partial charge < -0.3 is 9.32 Å². The van der Waals surface area contributed by atoms with E-state index in [1.165, 1.54) is 41.7 Å². The van der Waals surface area contributed by atoms with Gasteiger partial charge in [0.25, 0.3) is 0 Å². The van der Waals surface area contributed by atoms with Crippen LogP contribution < -0.4 is 4.90 Å². The molecule has 0 spiro atoms. The fourth-order valence-corrected chi connectivity index (χ4v) is 8.33. The van der Waals surface area contributed by atoms with Crippen LogP contribution in [0.15, 0.2) is 168 Å². The Morgan fingerprint density at radius 3 is 1.94 bits per heavy atom. The molecule has 10 rings (SSSR count). The average molecular weight is 618 g/mol. The van der Waals surface area contributed by atoms with Crippen LogP contribution in [0, 0.1) is 0 Å². The van der Waals surface area contributed by atoms with Gasteiger partial charge in [0, 0.05) is 53.6 Å². The van der Waals surface area contributed by atoms with Crippen molar-refractivity contribution in [2.75, 3.05) is 4.90 Å². The number of furan rings is 1. The maximum atomic E-state index is 6.39. The van der Waals surface area contributed by atoms with E-state index in [2.05, 4.69) is 157 Å². The van der Waals surface area contributed by atoms with Crippen molar-refractivity contribution >= 4 is 92.1 Å². The third-order valence-corrected chi connectivity index (χ3v) is 10.6. The van der Waals surface area contributed by atoms with Gasteiger partial charge in [-0.15, -0.1) is 11.3 Å². The Morgan fingerprint density at radius 2 is 1.04 bits per heavy atom. The minimum atomic E-state index is 0.915. The highest BCUT2D eigenvalue weighted by Gasteiger charge is 2.17. The van der Waals surface area contributed by atoms with Crippen molar-refractivity contribution in [1.29, 1.82) is 0 Å². The van der Waals surface area contributed by atoms with Crippen molar-refractivity contribution in [3.05, 3.63) is 164 Å². The fourth-order valence-electron chi connectivity index (χ4n) is 7.19. The minimum Gasteiger partial charge on any atom is -0.455 e. The lowest BCUT2D eigenvalue weighted by Crippen LogP contribution is -2.09. The number of hydrogen-bond donors (Lipinski definition) is 0. The zero-order chi connectivity index (χ0) is 30.9. The summed E-state index contributed by atoms with van der Waals surface area (Å²) in [6, 6.07) is 59.1. The molecular weight excluding hydrogens is 591 g/mol. The molecule has 47 heavy (non-hydrogen) atoms. The molecule has 0 atom stereocenters. The highest BCUT2D eigenvalue weighted by molar-refractivity contribution is 7.25. The minimum absolute atomic E-state index is 0.915. The van der Waals surface area contributed by atoms with E-state index in [9.17, 15) is 0 Å². The Hall–Kier alpha value is -5.90. The quantitative estimate of drug-likeness (QED) is 0.183. The molecule has 0 aliphatic rings. The molecule has 10 aromatic rings. The van der Waals surface area contributed by atoms with E-state index in [0.717, 1.165) is 50.1 Å². The molecule has 0 saturated heterocycles. The fraction of sp³-hybridized carbons (Fsp3) is 0. The molecule has 0 saturated carbocycles. The van der Waals surface area contributed by atoms with Gasteiger partial charge in [0.2, 0.25) is 0 Å². The van der Waals surface area contributed by atoms with Crippen LogP contribution in [0.3, 0.4) is 0 Å². The van der Waals surface area contributed by atoms with E-state index in [0.29, 0.717) is 0 Å². The number of nitrogens with zero attached hydrogens (tertiary/aromatic N) is 1. The van der Waals surface area contributed by atoms with Crippen LogP contribution in [-0.4, -0.2) is 0 Å². The molecule has 3 heteroatoms. The monoisotopic (exact) mass is 617 g/mol. The van der Waals surface area contributed by atoms with Gasteiger partial charge in [-0.2, -0.15) is 0 Å². The first-order valence-electron chi connectivity index (χ1n) is 15.9.